The van der Waals surface area contributed by atoms with Crippen molar-refractivity contribution in [3.8, 4) is 0 Å². The third kappa shape index (κ3) is 2.59. The quantitative estimate of drug-likeness (QED) is 0.871. The second-order valence-corrected chi connectivity index (χ2v) is 8.07. The highest BCUT2D eigenvalue weighted by Gasteiger charge is 2.52. The van der Waals surface area contributed by atoms with Crippen molar-refractivity contribution in [1.82, 2.24) is 4.90 Å². The number of nitrogens with one attached hydrogen (secondary N) is 1. The van der Waals surface area contributed by atoms with Gasteiger partial charge in [0.15, 0.2) is 0 Å². The molecule has 0 bridgehead atoms. The molecule has 0 spiro atoms. The molecular weight excluding hydrogens is 352 g/mol. The van der Waals surface area contributed by atoms with Crippen LogP contribution >= 0.6 is 27.7 Å². The molecule has 2 fully saturated rings. The van der Waals surface area contributed by atoms with E-state index in [0.717, 1.165) is 22.1 Å². The van der Waals surface area contributed by atoms with Gasteiger partial charge >= 0.3 is 0 Å². The number of fused-ring (bicyclic) bond motifs is 1. The SMILES string of the molecule is Cc1cc(NC(=O)[C@H]2CS[C@@]3(C)CCC(=O)N23)ccc1Br. The number of aryl methyl sites for hydroxylation is 1. The molecule has 1 N–H and O–H groups in total. The first-order valence-electron chi connectivity index (χ1n) is 6.94. The molecule has 0 unspecified atom stereocenters. The number of carbonyl (C=O) groups is 2. The van der Waals surface area contributed by atoms with E-state index in [-0.39, 0.29) is 22.7 Å². The number of carbonyl (C=O) groups excluding carboxylic acids is 2. The summed E-state index contributed by atoms with van der Waals surface area (Å²) < 4.78 is 1.01. The molecule has 21 heavy (non-hydrogen) atoms. The third-order valence-corrected chi connectivity index (χ3v) is 6.57. The predicted octanol–water partition coefficient (Wildman–Crippen LogP) is 3.15. The van der Waals surface area contributed by atoms with Gasteiger partial charge < -0.3 is 10.2 Å². The fourth-order valence-corrected chi connectivity index (χ4v) is 4.64. The van der Waals surface area contributed by atoms with Crippen LogP contribution in [0.15, 0.2) is 22.7 Å². The summed E-state index contributed by atoms with van der Waals surface area (Å²) in [4.78, 5) is 26.1. The summed E-state index contributed by atoms with van der Waals surface area (Å²) in [5, 5.41) is 2.94. The topological polar surface area (TPSA) is 49.4 Å². The van der Waals surface area contributed by atoms with Gasteiger partial charge in [-0.25, -0.2) is 0 Å². The first-order valence-corrected chi connectivity index (χ1v) is 8.72. The molecular formula is C15H17BrN2O2S. The normalized spacial score (nSPS) is 27.9. The van der Waals surface area contributed by atoms with Crippen LogP contribution in [0.2, 0.25) is 0 Å². The number of hydrogen-bond donors (Lipinski definition) is 1. The van der Waals surface area contributed by atoms with Crippen LogP contribution in [0.3, 0.4) is 0 Å². The van der Waals surface area contributed by atoms with Crippen molar-refractivity contribution in [2.75, 3.05) is 11.1 Å². The molecule has 0 saturated carbocycles. The Morgan fingerprint density at radius 3 is 3.00 bits per heavy atom. The minimum absolute atomic E-state index is 0.0923. The van der Waals surface area contributed by atoms with Gasteiger partial charge in [0.2, 0.25) is 11.8 Å². The average molecular weight is 369 g/mol. The van der Waals surface area contributed by atoms with Crippen LogP contribution in [-0.4, -0.2) is 33.4 Å². The minimum atomic E-state index is -0.362. The predicted molar refractivity (Wildman–Crippen MR) is 88.2 cm³/mol. The number of amides is 2. The Balaban J connectivity index is 1.77. The zero-order valence-corrected chi connectivity index (χ0v) is 14.4. The van der Waals surface area contributed by atoms with E-state index in [1.54, 1.807) is 16.7 Å². The molecule has 0 aromatic heterocycles. The summed E-state index contributed by atoms with van der Waals surface area (Å²) in [5.74, 6) is 0.668. The van der Waals surface area contributed by atoms with Gasteiger partial charge in [0.05, 0.1) is 4.87 Å². The molecule has 2 saturated heterocycles. The van der Waals surface area contributed by atoms with Crippen molar-refractivity contribution in [2.45, 2.75) is 37.6 Å². The average Bonchev–Trinajstić information content (AvgIpc) is 2.91. The Morgan fingerprint density at radius 2 is 2.29 bits per heavy atom. The lowest BCUT2D eigenvalue weighted by molar-refractivity contribution is -0.135. The van der Waals surface area contributed by atoms with Gasteiger partial charge in [-0.3, -0.25) is 9.59 Å². The molecule has 0 radical (unpaired) electrons. The smallest absolute Gasteiger partial charge is 0.248 e. The van der Waals surface area contributed by atoms with Crippen LogP contribution in [0.4, 0.5) is 5.69 Å². The van der Waals surface area contributed by atoms with Crippen LogP contribution in [0, 0.1) is 6.92 Å². The van der Waals surface area contributed by atoms with Gasteiger partial charge in [0, 0.05) is 22.3 Å². The van der Waals surface area contributed by atoms with E-state index in [1.165, 1.54) is 0 Å². The standard InChI is InChI=1S/C15H17BrN2O2S/c1-9-7-10(3-4-11(9)16)17-14(20)12-8-21-15(2)6-5-13(19)18(12)15/h3-4,7,12H,5-6,8H2,1-2H3,(H,17,20)/t12-,15+/m1/s1. The maximum Gasteiger partial charge on any atom is 0.248 e. The molecule has 4 nitrogen and oxygen atoms in total. The third-order valence-electron chi connectivity index (χ3n) is 4.17. The van der Waals surface area contributed by atoms with Crippen molar-refractivity contribution in [2.24, 2.45) is 0 Å². The first-order chi connectivity index (χ1) is 9.90. The lowest BCUT2D eigenvalue weighted by atomic mass is 10.2. The van der Waals surface area contributed by atoms with E-state index in [2.05, 4.69) is 28.2 Å². The highest BCUT2D eigenvalue weighted by Crippen LogP contribution is 2.47. The van der Waals surface area contributed by atoms with Crippen LogP contribution in [0.1, 0.15) is 25.3 Å². The Morgan fingerprint density at radius 1 is 1.52 bits per heavy atom. The second-order valence-electron chi connectivity index (χ2n) is 5.72. The molecule has 2 amide bonds. The van der Waals surface area contributed by atoms with Gasteiger partial charge in [0.1, 0.15) is 6.04 Å². The van der Waals surface area contributed by atoms with E-state index in [9.17, 15) is 9.59 Å². The lowest BCUT2D eigenvalue weighted by Crippen LogP contribution is -2.48. The second kappa shape index (κ2) is 5.32. The van der Waals surface area contributed by atoms with Crippen molar-refractivity contribution in [1.29, 1.82) is 0 Å². The van der Waals surface area contributed by atoms with Crippen LogP contribution in [0.5, 0.6) is 0 Å². The summed E-state index contributed by atoms with van der Waals surface area (Å²) in [6.07, 6.45) is 1.38. The Bertz CT molecular complexity index is 622. The molecule has 2 aliphatic rings. The summed E-state index contributed by atoms with van der Waals surface area (Å²) >= 11 is 5.15. The van der Waals surface area contributed by atoms with E-state index < -0.39 is 0 Å². The van der Waals surface area contributed by atoms with Gasteiger partial charge in [-0.2, -0.15) is 0 Å². The Labute approximate surface area is 136 Å². The molecule has 6 heteroatoms. The van der Waals surface area contributed by atoms with Gasteiger partial charge in [-0.15, -0.1) is 11.8 Å². The highest BCUT2D eigenvalue weighted by atomic mass is 79.9. The molecule has 1 aromatic rings. The van der Waals surface area contributed by atoms with E-state index in [4.69, 9.17) is 0 Å². The van der Waals surface area contributed by atoms with Crippen molar-refractivity contribution in [3.05, 3.63) is 28.2 Å². The summed E-state index contributed by atoms with van der Waals surface area (Å²) in [6, 6.07) is 5.34. The monoisotopic (exact) mass is 368 g/mol. The Kier molecular flexibility index (Phi) is 3.78. The van der Waals surface area contributed by atoms with Gasteiger partial charge in [0.25, 0.3) is 0 Å². The molecule has 3 rings (SSSR count). The number of halogens is 1. The van der Waals surface area contributed by atoms with Gasteiger partial charge in [-0.1, -0.05) is 15.9 Å². The number of thioether (sulfide) groups is 1. The number of rotatable bonds is 2. The zero-order chi connectivity index (χ0) is 15.2. The number of hydrogen-bond acceptors (Lipinski definition) is 3. The largest absolute Gasteiger partial charge is 0.324 e. The van der Waals surface area contributed by atoms with E-state index in [1.807, 2.05) is 25.1 Å². The van der Waals surface area contributed by atoms with Crippen molar-refractivity contribution in [3.63, 3.8) is 0 Å². The number of nitrogens with zero attached hydrogens (tertiary/aromatic N) is 1. The molecule has 1 aromatic carbocycles. The Hall–Kier alpha value is -1.01. The summed E-state index contributed by atoms with van der Waals surface area (Å²) in [6.45, 7) is 4.03. The van der Waals surface area contributed by atoms with Crippen molar-refractivity contribution >= 4 is 45.2 Å². The van der Waals surface area contributed by atoms with Gasteiger partial charge in [-0.05, 0) is 44.0 Å². The number of anilines is 1. The molecule has 0 aliphatic carbocycles. The van der Waals surface area contributed by atoms with E-state index >= 15 is 0 Å². The minimum Gasteiger partial charge on any atom is -0.324 e. The molecule has 2 aliphatic heterocycles. The van der Waals surface area contributed by atoms with Crippen LogP contribution in [-0.2, 0) is 9.59 Å². The molecule has 2 atom stereocenters. The van der Waals surface area contributed by atoms with Crippen LogP contribution in [0.25, 0.3) is 0 Å². The molecule has 112 valence electrons. The maximum atomic E-state index is 12.5. The molecule has 2 heterocycles. The van der Waals surface area contributed by atoms with E-state index in [0.29, 0.717) is 12.2 Å². The van der Waals surface area contributed by atoms with Crippen molar-refractivity contribution < 1.29 is 9.59 Å². The van der Waals surface area contributed by atoms with Crippen LogP contribution < -0.4 is 5.32 Å². The lowest BCUT2D eigenvalue weighted by Gasteiger charge is -2.29. The zero-order valence-electron chi connectivity index (χ0n) is 12.0. The fraction of sp³-hybridized carbons (Fsp3) is 0.467. The summed E-state index contributed by atoms with van der Waals surface area (Å²) in [5.41, 5.74) is 1.83. The summed E-state index contributed by atoms with van der Waals surface area (Å²) in [7, 11) is 0. The first kappa shape index (κ1) is 14.9. The maximum absolute atomic E-state index is 12.5. The highest BCUT2D eigenvalue weighted by molar-refractivity contribution is 9.10. The fourth-order valence-electron chi connectivity index (χ4n) is 2.96. The number of benzene rings is 1.